The molecule has 0 spiro atoms. The SMILES string of the molecule is CC(C)C(NS(=O)(=O)c1ccc(Cl)nc1)c1ccccc1. The molecule has 0 amide bonds. The van der Waals surface area contributed by atoms with E-state index in [9.17, 15) is 8.42 Å². The quantitative estimate of drug-likeness (QED) is 0.857. The molecule has 0 saturated heterocycles. The van der Waals surface area contributed by atoms with Gasteiger partial charge in [-0.1, -0.05) is 55.8 Å². The molecule has 21 heavy (non-hydrogen) atoms. The summed E-state index contributed by atoms with van der Waals surface area (Å²) in [6.45, 7) is 3.95. The van der Waals surface area contributed by atoms with Gasteiger partial charge < -0.3 is 0 Å². The minimum absolute atomic E-state index is 0.105. The third kappa shape index (κ3) is 4.03. The fourth-order valence-electron chi connectivity index (χ4n) is 2.01. The van der Waals surface area contributed by atoms with Crippen molar-refractivity contribution in [2.75, 3.05) is 0 Å². The lowest BCUT2D eigenvalue weighted by Gasteiger charge is -2.22. The van der Waals surface area contributed by atoms with Crippen LogP contribution in [0.3, 0.4) is 0 Å². The maximum atomic E-state index is 12.4. The molecule has 6 heteroatoms. The molecule has 1 aromatic carbocycles. The summed E-state index contributed by atoms with van der Waals surface area (Å²) in [6.07, 6.45) is 1.26. The molecule has 0 saturated carbocycles. The Morgan fingerprint density at radius 2 is 1.76 bits per heavy atom. The van der Waals surface area contributed by atoms with Gasteiger partial charge in [0, 0.05) is 12.2 Å². The first-order valence-corrected chi connectivity index (χ1v) is 8.45. The van der Waals surface area contributed by atoms with Gasteiger partial charge in [0.05, 0.1) is 0 Å². The molecule has 0 aliphatic rings. The topological polar surface area (TPSA) is 59.1 Å². The number of aromatic nitrogens is 1. The number of sulfonamides is 1. The van der Waals surface area contributed by atoms with E-state index in [1.807, 2.05) is 44.2 Å². The predicted molar refractivity (Wildman–Crippen MR) is 83.6 cm³/mol. The zero-order chi connectivity index (χ0) is 15.5. The van der Waals surface area contributed by atoms with Crippen LogP contribution < -0.4 is 4.72 Å². The normalized spacial score (nSPS) is 13.3. The number of rotatable bonds is 5. The number of nitrogens with zero attached hydrogens (tertiary/aromatic N) is 1. The highest BCUT2D eigenvalue weighted by Gasteiger charge is 2.24. The van der Waals surface area contributed by atoms with Crippen molar-refractivity contribution in [3.05, 3.63) is 59.4 Å². The fourth-order valence-corrected chi connectivity index (χ4v) is 3.43. The Balaban J connectivity index is 2.30. The van der Waals surface area contributed by atoms with Gasteiger partial charge in [0.15, 0.2) is 0 Å². The summed E-state index contributed by atoms with van der Waals surface area (Å²) in [5.41, 5.74) is 0.929. The molecule has 2 aromatic rings. The summed E-state index contributed by atoms with van der Waals surface area (Å²) >= 11 is 5.69. The highest BCUT2D eigenvalue weighted by molar-refractivity contribution is 7.89. The highest BCUT2D eigenvalue weighted by atomic mass is 35.5. The van der Waals surface area contributed by atoms with Crippen LogP contribution in [0.1, 0.15) is 25.5 Å². The molecule has 1 unspecified atom stereocenters. The van der Waals surface area contributed by atoms with Crippen molar-refractivity contribution in [1.82, 2.24) is 9.71 Å². The first-order valence-electron chi connectivity index (χ1n) is 6.59. The molecule has 1 aromatic heterocycles. The summed E-state index contributed by atoms with van der Waals surface area (Å²) in [7, 11) is -3.64. The zero-order valence-electron chi connectivity index (χ0n) is 11.8. The number of benzene rings is 1. The maximum absolute atomic E-state index is 12.4. The summed E-state index contributed by atoms with van der Waals surface area (Å²) in [5, 5.41) is 0.261. The van der Waals surface area contributed by atoms with Gasteiger partial charge >= 0.3 is 0 Å². The van der Waals surface area contributed by atoms with Crippen LogP contribution in [0.2, 0.25) is 5.15 Å². The number of halogens is 1. The maximum Gasteiger partial charge on any atom is 0.242 e. The van der Waals surface area contributed by atoms with Gasteiger partial charge in [0.25, 0.3) is 0 Å². The first-order chi connectivity index (χ1) is 9.90. The standard InChI is InChI=1S/C15H17ClN2O2S/c1-11(2)15(12-6-4-3-5-7-12)18-21(19,20)13-8-9-14(16)17-10-13/h3-11,15,18H,1-2H3. The first kappa shape index (κ1) is 15.9. The molecular weight excluding hydrogens is 308 g/mol. The molecule has 0 radical (unpaired) electrons. The van der Waals surface area contributed by atoms with Crippen molar-refractivity contribution in [2.24, 2.45) is 5.92 Å². The van der Waals surface area contributed by atoms with Crippen LogP contribution in [0.4, 0.5) is 0 Å². The Morgan fingerprint density at radius 3 is 2.29 bits per heavy atom. The Morgan fingerprint density at radius 1 is 1.10 bits per heavy atom. The zero-order valence-corrected chi connectivity index (χ0v) is 13.4. The summed E-state index contributed by atoms with van der Waals surface area (Å²) in [5.74, 6) is 0.113. The second kappa shape index (κ2) is 6.56. The summed E-state index contributed by atoms with van der Waals surface area (Å²) < 4.78 is 27.6. The van der Waals surface area contributed by atoms with Crippen molar-refractivity contribution in [3.8, 4) is 0 Å². The summed E-state index contributed by atoms with van der Waals surface area (Å²) in [4.78, 5) is 3.92. The second-order valence-electron chi connectivity index (χ2n) is 5.07. The molecule has 0 aliphatic heterocycles. The predicted octanol–water partition coefficient (Wildman–Crippen LogP) is 3.41. The van der Waals surface area contributed by atoms with Gasteiger partial charge in [-0.25, -0.2) is 18.1 Å². The summed E-state index contributed by atoms with van der Waals surface area (Å²) in [6, 6.07) is 12.1. The van der Waals surface area contributed by atoms with Gasteiger partial charge in [-0.05, 0) is 23.6 Å². The molecule has 1 atom stereocenters. The van der Waals surface area contributed by atoms with E-state index in [1.54, 1.807) is 0 Å². The largest absolute Gasteiger partial charge is 0.243 e. The van der Waals surface area contributed by atoms with Gasteiger partial charge in [-0.2, -0.15) is 0 Å². The Hall–Kier alpha value is -1.43. The molecule has 4 nitrogen and oxygen atoms in total. The van der Waals surface area contributed by atoms with Gasteiger partial charge in [0.2, 0.25) is 10.0 Å². The minimum atomic E-state index is -3.64. The third-order valence-corrected chi connectivity index (χ3v) is 4.77. The van der Waals surface area contributed by atoms with Crippen LogP contribution >= 0.6 is 11.6 Å². The van der Waals surface area contributed by atoms with E-state index in [2.05, 4.69) is 9.71 Å². The van der Waals surface area contributed by atoms with Crippen molar-refractivity contribution in [3.63, 3.8) is 0 Å². The molecule has 0 aliphatic carbocycles. The Kier molecular flexibility index (Phi) is 4.98. The fraction of sp³-hybridized carbons (Fsp3) is 0.267. The van der Waals surface area contributed by atoms with Crippen molar-refractivity contribution < 1.29 is 8.42 Å². The average molecular weight is 325 g/mol. The molecule has 0 bridgehead atoms. The molecule has 0 fully saturated rings. The lowest BCUT2D eigenvalue weighted by molar-refractivity contribution is 0.463. The van der Waals surface area contributed by atoms with Gasteiger partial charge in [-0.15, -0.1) is 0 Å². The van der Waals surface area contributed by atoms with E-state index in [0.29, 0.717) is 0 Å². The van der Waals surface area contributed by atoms with Crippen molar-refractivity contribution in [2.45, 2.75) is 24.8 Å². The van der Waals surface area contributed by atoms with Crippen LogP contribution in [0.5, 0.6) is 0 Å². The van der Waals surface area contributed by atoms with Crippen molar-refractivity contribution in [1.29, 1.82) is 0 Å². The van der Waals surface area contributed by atoms with Crippen LogP contribution in [0, 0.1) is 5.92 Å². The third-order valence-electron chi connectivity index (χ3n) is 3.12. The van der Waals surface area contributed by atoms with Crippen LogP contribution in [0.25, 0.3) is 0 Å². The Bertz CT molecular complexity index is 685. The lowest BCUT2D eigenvalue weighted by atomic mass is 9.97. The van der Waals surface area contributed by atoms with Crippen LogP contribution in [-0.4, -0.2) is 13.4 Å². The number of nitrogens with one attached hydrogen (secondary N) is 1. The smallest absolute Gasteiger partial charge is 0.242 e. The van der Waals surface area contributed by atoms with Crippen molar-refractivity contribution >= 4 is 21.6 Å². The number of pyridine rings is 1. The van der Waals surface area contributed by atoms with Gasteiger partial charge in [0.1, 0.15) is 10.0 Å². The molecular formula is C15H17ClN2O2S. The van der Waals surface area contributed by atoms with E-state index in [-0.39, 0.29) is 22.0 Å². The molecule has 1 heterocycles. The molecule has 2 rings (SSSR count). The minimum Gasteiger partial charge on any atom is -0.243 e. The monoisotopic (exact) mass is 324 g/mol. The second-order valence-corrected chi connectivity index (χ2v) is 7.17. The average Bonchev–Trinajstić information content (AvgIpc) is 2.46. The van der Waals surface area contributed by atoms with Crippen LogP contribution in [-0.2, 0) is 10.0 Å². The molecule has 1 N–H and O–H groups in total. The lowest BCUT2D eigenvalue weighted by Crippen LogP contribution is -2.31. The van der Waals surface area contributed by atoms with Gasteiger partial charge in [-0.3, -0.25) is 0 Å². The highest BCUT2D eigenvalue weighted by Crippen LogP contribution is 2.24. The number of hydrogen-bond donors (Lipinski definition) is 1. The van der Waals surface area contributed by atoms with E-state index < -0.39 is 10.0 Å². The van der Waals surface area contributed by atoms with E-state index >= 15 is 0 Å². The Labute approximate surface area is 130 Å². The van der Waals surface area contributed by atoms with Crippen LogP contribution in [0.15, 0.2) is 53.6 Å². The van der Waals surface area contributed by atoms with E-state index in [0.717, 1.165) is 5.56 Å². The molecule has 112 valence electrons. The van der Waals surface area contributed by atoms with E-state index in [1.165, 1.54) is 18.3 Å². The van der Waals surface area contributed by atoms with E-state index in [4.69, 9.17) is 11.6 Å². The number of hydrogen-bond acceptors (Lipinski definition) is 3.